The molecule has 1 heterocycles. The van der Waals surface area contributed by atoms with Gasteiger partial charge in [-0.1, -0.05) is 13.8 Å². The summed E-state index contributed by atoms with van der Waals surface area (Å²) in [5.41, 5.74) is 0. The summed E-state index contributed by atoms with van der Waals surface area (Å²) < 4.78 is 0. The SMILES string of the molecule is CC(C)C1C(=O)N=C(CCl)NC1=O. The zero-order chi connectivity index (χ0) is 10.0. The van der Waals surface area contributed by atoms with Gasteiger partial charge in [-0.05, 0) is 5.92 Å². The zero-order valence-electron chi connectivity index (χ0n) is 7.50. The Balaban J connectivity index is 2.88. The van der Waals surface area contributed by atoms with E-state index in [1.807, 2.05) is 13.8 Å². The van der Waals surface area contributed by atoms with Crippen LogP contribution in [0.5, 0.6) is 0 Å². The maximum Gasteiger partial charge on any atom is 0.260 e. The molecule has 0 radical (unpaired) electrons. The van der Waals surface area contributed by atoms with Crippen LogP contribution in [0.4, 0.5) is 0 Å². The molecule has 1 atom stereocenters. The normalized spacial score (nSPS) is 23.1. The summed E-state index contributed by atoms with van der Waals surface area (Å²) in [5.74, 6) is -1.09. The minimum atomic E-state index is -0.660. The van der Waals surface area contributed by atoms with Crippen LogP contribution in [0.15, 0.2) is 4.99 Å². The zero-order valence-corrected chi connectivity index (χ0v) is 8.26. The molecule has 0 aromatic heterocycles. The van der Waals surface area contributed by atoms with E-state index in [9.17, 15) is 9.59 Å². The van der Waals surface area contributed by atoms with E-state index in [2.05, 4.69) is 10.3 Å². The van der Waals surface area contributed by atoms with Gasteiger partial charge >= 0.3 is 0 Å². The van der Waals surface area contributed by atoms with Gasteiger partial charge in [0, 0.05) is 0 Å². The van der Waals surface area contributed by atoms with E-state index in [-0.39, 0.29) is 23.5 Å². The van der Waals surface area contributed by atoms with Gasteiger partial charge in [-0.2, -0.15) is 4.99 Å². The van der Waals surface area contributed by atoms with Crippen molar-refractivity contribution in [3.8, 4) is 0 Å². The van der Waals surface area contributed by atoms with Crippen molar-refractivity contribution >= 4 is 29.3 Å². The molecule has 1 unspecified atom stereocenters. The number of carbonyl (C=O) groups is 2. The molecule has 0 spiro atoms. The Morgan fingerprint density at radius 2 is 2.15 bits per heavy atom. The lowest BCUT2D eigenvalue weighted by Gasteiger charge is -2.21. The molecule has 1 aliphatic rings. The average molecular weight is 203 g/mol. The van der Waals surface area contributed by atoms with Crippen molar-refractivity contribution in [1.29, 1.82) is 0 Å². The number of nitrogens with one attached hydrogen (secondary N) is 1. The second kappa shape index (κ2) is 3.87. The number of halogens is 1. The molecule has 0 fully saturated rings. The maximum absolute atomic E-state index is 11.3. The fourth-order valence-electron chi connectivity index (χ4n) is 1.21. The van der Waals surface area contributed by atoms with E-state index >= 15 is 0 Å². The van der Waals surface area contributed by atoms with Gasteiger partial charge in [-0.25, -0.2) is 0 Å². The van der Waals surface area contributed by atoms with Crippen LogP contribution in [0.25, 0.3) is 0 Å². The van der Waals surface area contributed by atoms with Crippen LogP contribution in [-0.4, -0.2) is 23.5 Å². The third-order valence-corrected chi connectivity index (χ3v) is 2.11. The maximum atomic E-state index is 11.3. The highest BCUT2D eigenvalue weighted by atomic mass is 35.5. The summed E-state index contributed by atoms with van der Waals surface area (Å²) in [6, 6.07) is 0. The fraction of sp³-hybridized carbons (Fsp3) is 0.625. The van der Waals surface area contributed by atoms with Gasteiger partial charge in [-0.15, -0.1) is 11.6 Å². The van der Waals surface area contributed by atoms with Crippen molar-refractivity contribution in [1.82, 2.24) is 5.32 Å². The molecule has 0 aromatic rings. The molecule has 0 saturated heterocycles. The first kappa shape index (κ1) is 10.2. The van der Waals surface area contributed by atoms with E-state index in [0.29, 0.717) is 0 Å². The van der Waals surface area contributed by atoms with E-state index < -0.39 is 11.8 Å². The standard InChI is InChI=1S/C8H11ClN2O2/c1-4(2)6-7(12)10-5(3-9)11-8(6)13/h4,6H,3H2,1-2H3,(H,10,11,12,13). The third-order valence-electron chi connectivity index (χ3n) is 1.85. The molecule has 5 heteroatoms. The number of hydrogen-bond acceptors (Lipinski definition) is 2. The Hall–Kier alpha value is -0.900. The molecular weight excluding hydrogens is 192 g/mol. The molecule has 1 aliphatic heterocycles. The quantitative estimate of drug-likeness (QED) is 0.525. The van der Waals surface area contributed by atoms with Crippen LogP contribution < -0.4 is 5.32 Å². The summed E-state index contributed by atoms with van der Waals surface area (Å²) in [6.45, 7) is 3.62. The van der Waals surface area contributed by atoms with Gasteiger partial charge in [0.1, 0.15) is 11.8 Å². The van der Waals surface area contributed by atoms with E-state index in [1.54, 1.807) is 0 Å². The molecule has 2 amide bonds. The van der Waals surface area contributed by atoms with Crippen LogP contribution >= 0.6 is 11.6 Å². The number of carbonyl (C=O) groups excluding carboxylic acids is 2. The Labute approximate surface area is 81.4 Å². The molecule has 0 saturated carbocycles. The third kappa shape index (κ3) is 2.06. The van der Waals surface area contributed by atoms with Crippen molar-refractivity contribution in [3.63, 3.8) is 0 Å². The molecule has 72 valence electrons. The van der Waals surface area contributed by atoms with E-state index in [4.69, 9.17) is 11.6 Å². The smallest absolute Gasteiger partial charge is 0.260 e. The topological polar surface area (TPSA) is 58.5 Å². The molecular formula is C8H11ClN2O2. The highest BCUT2D eigenvalue weighted by Gasteiger charge is 2.33. The van der Waals surface area contributed by atoms with Gasteiger partial charge < -0.3 is 5.32 Å². The predicted molar refractivity (Wildman–Crippen MR) is 49.6 cm³/mol. The number of rotatable bonds is 2. The van der Waals surface area contributed by atoms with Crippen molar-refractivity contribution in [2.75, 3.05) is 5.88 Å². The van der Waals surface area contributed by atoms with Crippen LogP contribution in [0.1, 0.15) is 13.8 Å². The van der Waals surface area contributed by atoms with Crippen LogP contribution in [-0.2, 0) is 9.59 Å². The lowest BCUT2D eigenvalue weighted by atomic mass is 9.93. The van der Waals surface area contributed by atoms with Crippen LogP contribution in [0.2, 0.25) is 0 Å². The number of amides is 2. The summed E-state index contributed by atoms with van der Waals surface area (Å²) in [7, 11) is 0. The summed E-state index contributed by atoms with van der Waals surface area (Å²) in [4.78, 5) is 26.3. The summed E-state index contributed by atoms with van der Waals surface area (Å²) >= 11 is 5.44. The molecule has 0 aromatic carbocycles. The van der Waals surface area contributed by atoms with Crippen LogP contribution in [0.3, 0.4) is 0 Å². The highest BCUT2D eigenvalue weighted by molar-refractivity contribution is 6.32. The van der Waals surface area contributed by atoms with Crippen molar-refractivity contribution in [2.45, 2.75) is 13.8 Å². The minimum absolute atomic E-state index is 0.0341. The largest absolute Gasteiger partial charge is 0.312 e. The first-order chi connectivity index (χ1) is 6.06. The molecule has 1 N–H and O–H groups in total. The average Bonchev–Trinajstić information content (AvgIpc) is 2.02. The van der Waals surface area contributed by atoms with Gasteiger partial charge in [0.25, 0.3) is 5.91 Å². The Morgan fingerprint density at radius 3 is 2.54 bits per heavy atom. The van der Waals surface area contributed by atoms with Crippen molar-refractivity contribution < 1.29 is 9.59 Å². The lowest BCUT2D eigenvalue weighted by Crippen LogP contribution is -2.46. The molecule has 0 bridgehead atoms. The molecule has 13 heavy (non-hydrogen) atoms. The van der Waals surface area contributed by atoms with Crippen molar-refractivity contribution in [3.05, 3.63) is 0 Å². The second-order valence-corrected chi connectivity index (χ2v) is 3.51. The number of aliphatic imine (C=N–C) groups is 1. The van der Waals surface area contributed by atoms with E-state index in [0.717, 1.165) is 0 Å². The Morgan fingerprint density at radius 1 is 1.54 bits per heavy atom. The number of amidine groups is 1. The van der Waals surface area contributed by atoms with Crippen molar-refractivity contribution in [2.24, 2.45) is 16.8 Å². The summed E-state index contributed by atoms with van der Waals surface area (Å²) in [5, 5.41) is 2.49. The monoisotopic (exact) mass is 202 g/mol. The number of hydrogen-bond donors (Lipinski definition) is 1. The molecule has 0 aliphatic carbocycles. The first-order valence-electron chi connectivity index (χ1n) is 4.04. The molecule has 1 rings (SSSR count). The molecule has 4 nitrogen and oxygen atoms in total. The van der Waals surface area contributed by atoms with E-state index in [1.165, 1.54) is 0 Å². The van der Waals surface area contributed by atoms with Gasteiger partial charge in [0.05, 0.1) is 5.88 Å². The lowest BCUT2D eigenvalue weighted by molar-refractivity contribution is -0.135. The Kier molecular flexibility index (Phi) is 3.03. The fourth-order valence-corrected chi connectivity index (χ4v) is 1.34. The summed E-state index contributed by atoms with van der Waals surface area (Å²) in [6.07, 6.45) is 0. The highest BCUT2D eigenvalue weighted by Crippen LogP contribution is 2.15. The number of alkyl halides is 1. The van der Waals surface area contributed by atoms with Gasteiger partial charge in [0.2, 0.25) is 5.91 Å². The first-order valence-corrected chi connectivity index (χ1v) is 4.58. The number of nitrogens with zero attached hydrogens (tertiary/aromatic N) is 1. The Bertz CT molecular complexity index is 273. The predicted octanol–water partition coefficient (Wildman–Crippen LogP) is 0.552. The van der Waals surface area contributed by atoms with Crippen LogP contribution in [0, 0.1) is 11.8 Å². The minimum Gasteiger partial charge on any atom is -0.312 e. The van der Waals surface area contributed by atoms with Gasteiger partial charge in [-0.3, -0.25) is 9.59 Å². The second-order valence-electron chi connectivity index (χ2n) is 3.24. The van der Waals surface area contributed by atoms with Gasteiger partial charge in [0.15, 0.2) is 0 Å².